The summed E-state index contributed by atoms with van der Waals surface area (Å²) in [4.78, 5) is 31.9. The molecule has 2 aliphatic rings. The highest BCUT2D eigenvalue weighted by molar-refractivity contribution is 14.1. The molecule has 2 heterocycles. The number of hydroxylamine groups is 1. The van der Waals surface area contributed by atoms with Crippen molar-refractivity contribution in [2.24, 2.45) is 0 Å². The fourth-order valence-electron chi connectivity index (χ4n) is 2.90. The second-order valence-corrected chi connectivity index (χ2v) is 6.43. The van der Waals surface area contributed by atoms with E-state index >= 15 is 0 Å². The summed E-state index contributed by atoms with van der Waals surface area (Å²) in [5.41, 5.74) is 2.81. The maximum absolute atomic E-state index is 12.5. The van der Waals surface area contributed by atoms with E-state index in [0.29, 0.717) is 11.3 Å². The first-order chi connectivity index (χ1) is 10.6. The second-order valence-electron chi connectivity index (χ2n) is 5.18. The molecular formula is C16H11IN2O3. The number of fused-ring (bicyclic) bond motifs is 2. The van der Waals surface area contributed by atoms with E-state index in [9.17, 15) is 9.59 Å². The van der Waals surface area contributed by atoms with Crippen molar-refractivity contribution in [1.82, 2.24) is 0 Å². The molecule has 2 aromatic carbocycles. The van der Waals surface area contributed by atoms with Crippen molar-refractivity contribution >= 4 is 45.7 Å². The van der Waals surface area contributed by atoms with Crippen molar-refractivity contribution in [2.75, 3.05) is 17.0 Å². The fourth-order valence-corrected chi connectivity index (χ4v) is 3.39. The van der Waals surface area contributed by atoms with E-state index < -0.39 is 17.9 Å². The number of carbonyl (C=O) groups excluding carboxylic acids is 2. The number of halogens is 1. The molecule has 2 aromatic rings. The normalized spacial score (nSPS) is 19.6. The van der Waals surface area contributed by atoms with Gasteiger partial charge in [0.05, 0.1) is 16.9 Å². The Balaban J connectivity index is 1.85. The predicted octanol–water partition coefficient (Wildman–Crippen LogP) is 2.90. The monoisotopic (exact) mass is 406 g/mol. The molecule has 0 saturated heterocycles. The molecule has 0 bridgehead atoms. The number of benzene rings is 2. The van der Waals surface area contributed by atoms with Gasteiger partial charge in [0.15, 0.2) is 6.23 Å². The number of para-hydroxylation sites is 1. The molecule has 5 nitrogen and oxygen atoms in total. The highest BCUT2D eigenvalue weighted by atomic mass is 127. The Morgan fingerprint density at radius 2 is 1.86 bits per heavy atom. The predicted molar refractivity (Wildman–Crippen MR) is 89.6 cm³/mol. The van der Waals surface area contributed by atoms with E-state index in [0.717, 1.165) is 14.8 Å². The number of nitrogens with zero attached hydrogens (tertiary/aromatic N) is 2. The van der Waals surface area contributed by atoms with Gasteiger partial charge in [0.1, 0.15) is 0 Å². The SMILES string of the molecule is CN1OC(N2C(=O)C(=O)c3cc(I)ccc32)c2ccccc21. The van der Waals surface area contributed by atoms with Crippen molar-refractivity contribution in [3.8, 4) is 0 Å². The number of anilines is 2. The first-order valence-electron chi connectivity index (χ1n) is 6.75. The molecule has 1 atom stereocenters. The smallest absolute Gasteiger partial charge is 0.283 e. The molecule has 0 aliphatic carbocycles. The largest absolute Gasteiger partial charge is 0.301 e. The Morgan fingerprint density at radius 1 is 1.09 bits per heavy atom. The van der Waals surface area contributed by atoms with Gasteiger partial charge in [-0.2, -0.15) is 0 Å². The van der Waals surface area contributed by atoms with Gasteiger partial charge in [-0.3, -0.25) is 19.6 Å². The zero-order valence-corrected chi connectivity index (χ0v) is 13.8. The third-order valence-corrected chi connectivity index (χ3v) is 4.58. The summed E-state index contributed by atoms with van der Waals surface area (Å²) < 4.78 is 0.921. The Kier molecular flexibility index (Phi) is 2.98. The van der Waals surface area contributed by atoms with Crippen LogP contribution in [0.4, 0.5) is 11.4 Å². The summed E-state index contributed by atoms with van der Waals surface area (Å²) in [6, 6.07) is 13.0. The summed E-state index contributed by atoms with van der Waals surface area (Å²) in [5.74, 6) is -1.03. The minimum Gasteiger partial charge on any atom is -0.283 e. The molecule has 6 heteroatoms. The molecule has 0 radical (unpaired) electrons. The standard InChI is InChI=1S/C16H11IN2O3/c1-18-12-5-3-2-4-10(12)16(22-18)19-13-7-6-9(17)8-11(13)14(20)15(19)21/h2-8,16H,1H3. The Hall–Kier alpha value is -1.93. The quantitative estimate of drug-likeness (QED) is 0.540. The number of amides is 1. The van der Waals surface area contributed by atoms with Crippen LogP contribution in [0.25, 0.3) is 0 Å². The molecule has 0 fully saturated rings. The van der Waals surface area contributed by atoms with Crippen LogP contribution < -0.4 is 9.96 Å². The van der Waals surface area contributed by atoms with E-state index in [2.05, 4.69) is 22.6 Å². The van der Waals surface area contributed by atoms with E-state index in [1.807, 2.05) is 30.3 Å². The van der Waals surface area contributed by atoms with Gasteiger partial charge in [0.2, 0.25) is 0 Å². The maximum Gasteiger partial charge on any atom is 0.301 e. The number of carbonyl (C=O) groups is 2. The van der Waals surface area contributed by atoms with E-state index in [-0.39, 0.29) is 0 Å². The number of hydrogen-bond donors (Lipinski definition) is 0. The van der Waals surface area contributed by atoms with Crippen LogP contribution in [0.5, 0.6) is 0 Å². The van der Waals surface area contributed by atoms with Crippen LogP contribution in [0.15, 0.2) is 42.5 Å². The molecule has 0 N–H and O–H groups in total. The average Bonchev–Trinajstić information content (AvgIpc) is 2.97. The molecule has 0 spiro atoms. The molecule has 0 saturated carbocycles. The molecule has 4 rings (SSSR count). The van der Waals surface area contributed by atoms with Crippen LogP contribution in [0.2, 0.25) is 0 Å². The molecule has 110 valence electrons. The first kappa shape index (κ1) is 13.7. The molecule has 1 unspecified atom stereocenters. The highest BCUT2D eigenvalue weighted by Crippen LogP contribution is 2.44. The summed E-state index contributed by atoms with van der Waals surface area (Å²) >= 11 is 2.13. The number of hydrogen-bond acceptors (Lipinski definition) is 4. The molecular weight excluding hydrogens is 395 g/mol. The lowest BCUT2D eigenvalue weighted by Gasteiger charge is -2.24. The van der Waals surface area contributed by atoms with Crippen LogP contribution in [-0.4, -0.2) is 18.7 Å². The Bertz CT molecular complexity index is 821. The molecule has 22 heavy (non-hydrogen) atoms. The third-order valence-electron chi connectivity index (χ3n) is 3.91. The zero-order chi connectivity index (χ0) is 15.4. The van der Waals surface area contributed by atoms with Gasteiger partial charge < -0.3 is 0 Å². The fraction of sp³-hybridized carbons (Fsp3) is 0.125. The van der Waals surface area contributed by atoms with Gasteiger partial charge in [-0.15, -0.1) is 0 Å². The lowest BCUT2D eigenvalue weighted by molar-refractivity contribution is -0.116. The van der Waals surface area contributed by atoms with Crippen LogP contribution >= 0.6 is 22.6 Å². The second kappa shape index (κ2) is 4.79. The van der Waals surface area contributed by atoms with Gasteiger partial charge in [0, 0.05) is 16.2 Å². The van der Waals surface area contributed by atoms with Crippen molar-refractivity contribution in [3.63, 3.8) is 0 Å². The van der Waals surface area contributed by atoms with Crippen molar-refractivity contribution in [3.05, 3.63) is 57.2 Å². The van der Waals surface area contributed by atoms with Gasteiger partial charge in [-0.25, -0.2) is 4.84 Å². The minimum atomic E-state index is -0.612. The lowest BCUT2D eigenvalue weighted by atomic mass is 10.1. The van der Waals surface area contributed by atoms with Gasteiger partial charge in [-0.05, 0) is 46.9 Å². The molecule has 1 amide bonds. The number of ketones is 1. The topological polar surface area (TPSA) is 49.9 Å². The zero-order valence-electron chi connectivity index (χ0n) is 11.6. The van der Waals surface area contributed by atoms with Crippen molar-refractivity contribution < 1.29 is 14.4 Å². The van der Waals surface area contributed by atoms with Crippen molar-refractivity contribution in [2.45, 2.75) is 6.23 Å². The molecule has 2 aliphatic heterocycles. The van der Waals surface area contributed by atoms with Crippen molar-refractivity contribution in [1.29, 1.82) is 0 Å². The average molecular weight is 406 g/mol. The van der Waals surface area contributed by atoms with Crippen LogP contribution in [0, 0.1) is 3.57 Å². The number of Topliss-reactive ketones (excluding diaryl/α,β-unsaturated/α-hetero) is 1. The minimum absolute atomic E-state index is 0.438. The summed E-state index contributed by atoms with van der Waals surface area (Å²) in [6.45, 7) is 0. The Morgan fingerprint density at radius 3 is 2.68 bits per heavy atom. The Labute approximate surface area is 140 Å². The summed E-state index contributed by atoms with van der Waals surface area (Å²) in [6.07, 6.45) is -0.612. The summed E-state index contributed by atoms with van der Waals surface area (Å²) in [7, 11) is 1.79. The van der Waals surface area contributed by atoms with Crippen LogP contribution in [-0.2, 0) is 9.63 Å². The first-order valence-corrected chi connectivity index (χ1v) is 7.82. The van der Waals surface area contributed by atoms with Gasteiger partial charge >= 0.3 is 5.91 Å². The third kappa shape index (κ3) is 1.80. The van der Waals surface area contributed by atoms with Gasteiger partial charge in [0.25, 0.3) is 5.78 Å². The van der Waals surface area contributed by atoms with Gasteiger partial charge in [-0.1, -0.05) is 18.2 Å². The van der Waals surface area contributed by atoms with E-state index in [4.69, 9.17) is 4.84 Å². The molecule has 0 aromatic heterocycles. The van der Waals surface area contributed by atoms with Crippen LogP contribution in [0.3, 0.4) is 0 Å². The lowest BCUT2D eigenvalue weighted by Crippen LogP contribution is -2.35. The van der Waals surface area contributed by atoms with E-state index in [1.54, 1.807) is 24.2 Å². The van der Waals surface area contributed by atoms with Crippen LogP contribution in [0.1, 0.15) is 22.1 Å². The van der Waals surface area contributed by atoms with E-state index in [1.165, 1.54) is 4.90 Å². The number of rotatable bonds is 1. The summed E-state index contributed by atoms with van der Waals surface area (Å²) in [5, 5.41) is 1.63. The highest BCUT2D eigenvalue weighted by Gasteiger charge is 2.44. The maximum atomic E-state index is 12.5.